The average Bonchev–Trinajstić information content (AvgIpc) is 2.64. The van der Waals surface area contributed by atoms with Crippen LogP contribution in [0.4, 0.5) is 0 Å². The Kier molecular flexibility index (Phi) is 9.17. The van der Waals surface area contributed by atoms with Crippen LogP contribution in [0.25, 0.3) is 0 Å². The van der Waals surface area contributed by atoms with Gasteiger partial charge in [-0.15, -0.1) is 0 Å². The van der Waals surface area contributed by atoms with Crippen LogP contribution < -0.4 is 0 Å². The molecule has 1 aromatic rings. The van der Waals surface area contributed by atoms with E-state index in [9.17, 15) is 0 Å². The summed E-state index contributed by atoms with van der Waals surface area (Å²) in [5, 5.41) is 0. The largest absolute Gasteiger partial charge is 0.219 e. The lowest BCUT2D eigenvalue weighted by Crippen LogP contribution is -2.17. The molecule has 0 aromatic carbocycles. The maximum atomic E-state index is 2.56. The van der Waals surface area contributed by atoms with E-state index in [0.29, 0.717) is 5.92 Å². The predicted molar refractivity (Wildman–Crippen MR) is 154 cm³/mol. The normalized spacial score (nSPS) is 16.6. The third-order valence-electron chi connectivity index (χ3n) is 6.26. The summed E-state index contributed by atoms with van der Waals surface area (Å²) in [5.74, 6) is 0.591. The monoisotopic (exact) mass is 487 g/mol. The number of hydrogen-bond donors (Lipinski definition) is 0. The van der Waals surface area contributed by atoms with Crippen molar-refractivity contribution in [3.63, 3.8) is 0 Å². The second-order valence-electron chi connectivity index (χ2n) is 14.1. The lowest BCUT2D eigenvalue weighted by molar-refractivity contribution is 0.502. The summed E-state index contributed by atoms with van der Waals surface area (Å²) in [6.07, 6.45) is 11.5. The molecule has 0 amide bonds. The van der Waals surface area contributed by atoms with Crippen LogP contribution in [0.3, 0.4) is 0 Å². The number of rotatable bonds is 6. The van der Waals surface area contributed by atoms with Crippen LogP contribution in [-0.2, 0) is 17.3 Å². The van der Waals surface area contributed by atoms with Crippen LogP contribution in [0.2, 0.25) is 0 Å². The van der Waals surface area contributed by atoms with Crippen LogP contribution in [0, 0.1) is 16.7 Å². The summed E-state index contributed by atoms with van der Waals surface area (Å²) in [5.41, 5.74) is 2.43. The highest BCUT2D eigenvalue weighted by Gasteiger charge is 2.32. The number of unbranched alkanes of at least 4 members (excludes halogenated alkanes) is 2. The molecule has 0 bridgehead atoms. The predicted octanol–water partition coefficient (Wildman–Crippen LogP) is 11.0. The second kappa shape index (κ2) is 10.6. The van der Waals surface area contributed by atoms with Crippen molar-refractivity contribution in [1.29, 1.82) is 0 Å². The van der Waals surface area contributed by atoms with Gasteiger partial charge in [0.2, 0.25) is 21.1 Å². The van der Waals surface area contributed by atoms with E-state index in [1.165, 1.54) is 47.4 Å². The van der Waals surface area contributed by atoms with E-state index >= 15 is 0 Å². The Morgan fingerprint density at radius 1 is 0.636 bits per heavy atom. The molecule has 0 spiro atoms. The zero-order chi connectivity index (χ0) is 25.2. The maximum absolute atomic E-state index is 2.56. The molecule has 33 heavy (non-hydrogen) atoms. The lowest BCUT2D eigenvalue weighted by Gasteiger charge is -2.33. The van der Waals surface area contributed by atoms with Crippen molar-refractivity contribution in [2.24, 2.45) is 16.7 Å². The van der Waals surface area contributed by atoms with Gasteiger partial charge in [0.05, 0.1) is 0 Å². The summed E-state index contributed by atoms with van der Waals surface area (Å²) < 4.78 is 0. The minimum absolute atomic E-state index is 0.216. The van der Waals surface area contributed by atoms with Gasteiger partial charge in [-0.2, -0.15) is 0 Å². The third-order valence-corrected chi connectivity index (χ3v) is 10.1. The second-order valence-corrected chi connectivity index (χ2v) is 16.3. The van der Waals surface area contributed by atoms with E-state index in [0.717, 1.165) is 0 Å². The molecule has 0 saturated heterocycles. The molecule has 2 rings (SSSR count). The van der Waals surface area contributed by atoms with Gasteiger partial charge in [-0.3, -0.25) is 0 Å². The van der Waals surface area contributed by atoms with E-state index in [1.807, 2.05) is 23.1 Å². The fraction of sp³-hybridized carbons (Fsp3) is 0.710. The van der Waals surface area contributed by atoms with Gasteiger partial charge in [0.1, 0.15) is 0 Å². The molecule has 1 aromatic heterocycles. The molecule has 1 aliphatic rings. The first-order chi connectivity index (χ1) is 14.9. The Hall–Kier alpha value is -0.600. The topological polar surface area (TPSA) is 0 Å². The third kappa shape index (κ3) is 8.84. The number of thioether (sulfide) groups is 1. The van der Waals surface area contributed by atoms with E-state index in [1.54, 1.807) is 9.81 Å². The summed E-state index contributed by atoms with van der Waals surface area (Å²) >= 11 is 4.02. The molecule has 0 aliphatic carbocycles. The minimum atomic E-state index is 0.216. The van der Waals surface area contributed by atoms with E-state index < -0.39 is 0 Å². The number of allylic oxidation sites excluding steroid dienone is 4. The fourth-order valence-corrected chi connectivity index (χ4v) is 6.53. The Morgan fingerprint density at radius 3 is 1.48 bits per heavy atom. The highest BCUT2D eigenvalue weighted by molar-refractivity contribution is 8.06. The Morgan fingerprint density at radius 2 is 1.09 bits per heavy atom. The quantitative estimate of drug-likeness (QED) is 0.284. The van der Waals surface area contributed by atoms with Crippen molar-refractivity contribution in [3.8, 4) is 0 Å². The van der Waals surface area contributed by atoms with Gasteiger partial charge >= 0.3 is 0 Å². The number of hydrogen-bond acceptors (Lipinski definition) is 1. The molecule has 0 atom stereocenters. The van der Waals surface area contributed by atoms with Crippen molar-refractivity contribution in [2.45, 2.75) is 126 Å². The average molecular weight is 488 g/mol. The zero-order valence-corrected chi connectivity index (χ0v) is 25.4. The molecule has 0 saturated carbocycles. The van der Waals surface area contributed by atoms with Crippen molar-refractivity contribution in [2.75, 3.05) is 0 Å². The highest BCUT2D eigenvalue weighted by Crippen LogP contribution is 2.49. The molecule has 0 radical (unpaired) electrons. The standard InChI is InChI=1S/C31H51S2/c1-28(2,3)24-18-22(19-25(32-24)29(4,5)6)16-14-13-15-17-23-20-26(30(7,8)9)33-27(21-23)31(10,11)12/h18-22H,13-17H2,1-12H3/q+1. The number of aryl methyl sites for hydroxylation is 1. The van der Waals surface area contributed by atoms with Gasteiger partial charge in [0, 0.05) is 23.0 Å². The van der Waals surface area contributed by atoms with Gasteiger partial charge < -0.3 is 0 Å². The van der Waals surface area contributed by atoms with Gasteiger partial charge in [-0.1, -0.05) is 120 Å². The zero-order valence-electron chi connectivity index (χ0n) is 23.7. The first-order valence-corrected chi connectivity index (χ1v) is 14.6. The molecular formula is C31H51S2+. The minimum Gasteiger partial charge on any atom is -0.0985 e. The molecule has 0 nitrogen and oxygen atoms in total. The Balaban J connectivity index is 2.01. The SMILES string of the molecule is CC(C)(C)C1=CC(CCCCCc2cc(C(C)(C)C)[s+]c(C(C)(C)C)c2)C=C(C(C)(C)C)S1. The Bertz CT molecular complexity index is 796. The van der Waals surface area contributed by atoms with Crippen molar-refractivity contribution < 1.29 is 0 Å². The molecule has 1 aliphatic heterocycles. The van der Waals surface area contributed by atoms with Crippen molar-refractivity contribution >= 4 is 23.1 Å². The van der Waals surface area contributed by atoms with Gasteiger partial charge in [0.25, 0.3) is 0 Å². The van der Waals surface area contributed by atoms with Crippen LogP contribution >= 0.6 is 23.1 Å². The van der Waals surface area contributed by atoms with Gasteiger partial charge in [-0.25, -0.2) is 0 Å². The summed E-state index contributed by atoms with van der Waals surface area (Å²) in [4.78, 5) is 6.14. The summed E-state index contributed by atoms with van der Waals surface area (Å²) in [6.45, 7) is 28.2. The van der Waals surface area contributed by atoms with Crippen molar-refractivity contribution in [3.05, 3.63) is 49.4 Å². The van der Waals surface area contributed by atoms with Crippen LogP contribution in [0.15, 0.2) is 34.1 Å². The molecule has 2 heteroatoms. The van der Waals surface area contributed by atoms with Crippen LogP contribution in [0.1, 0.15) is 124 Å². The van der Waals surface area contributed by atoms with E-state index in [4.69, 9.17) is 0 Å². The summed E-state index contributed by atoms with van der Waals surface area (Å²) in [6, 6.07) is 4.96. The smallest absolute Gasteiger partial charge is 0.0985 e. The Labute approximate surface area is 214 Å². The highest BCUT2D eigenvalue weighted by atomic mass is 32.2. The molecule has 0 N–H and O–H groups in total. The van der Waals surface area contributed by atoms with E-state index in [2.05, 4.69) is 107 Å². The van der Waals surface area contributed by atoms with Crippen molar-refractivity contribution in [1.82, 2.24) is 0 Å². The van der Waals surface area contributed by atoms with Gasteiger partial charge in [-0.05, 0) is 51.4 Å². The first kappa shape index (κ1) is 28.6. The molecule has 0 unspecified atom stereocenters. The summed E-state index contributed by atoms with van der Waals surface area (Å²) in [7, 11) is 0. The van der Waals surface area contributed by atoms with Gasteiger partial charge in [0.15, 0.2) is 0 Å². The lowest BCUT2D eigenvalue weighted by atomic mass is 9.88. The maximum Gasteiger partial charge on any atom is 0.219 e. The molecular weight excluding hydrogens is 436 g/mol. The molecule has 186 valence electrons. The van der Waals surface area contributed by atoms with Crippen LogP contribution in [0.5, 0.6) is 0 Å². The molecule has 2 heterocycles. The first-order valence-electron chi connectivity index (χ1n) is 13.0. The fourth-order valence-electron chi connectivity index (χ4n) is 3.92. The van der Waals surface area contributed by atoms with E-state index in [-0.39, 0.29) is 21.7 Å². The van der Waals surface area contributed by atoms with Crippen LogP contribution in [-0.4, -0.2) is 0 Å². The molecule has 0 fully saturated rings.